The summed E-state index contributed by atoms with van der Waals surface area (Å²) in [5, 5.41) is 3.19. The average molecular weight is 314 g/mol. The van der Waals surface area contributed by atoms with E-state index in [2.05, 4.69) is 5.32 Å². The van der Waals surface area contributed by atoms with Gasteiger partial charge in [0.2, 0.25) is 11.8 Å². The van der Waals surface area contributed by atoms with Crippen molar-refractivity contribution >= 4 is 11.8 Å². The Labute approximate surface area is 138 Å². The van der Waals surface area contributed by atoms with Crippen molar-refractivity contribution in [2.75, 3.05) is 13.1 Å². The normalized spacial score (nSPS) is 20.5. The SMILES string of the molecule is O=C(N[C@@H](CN1CCCCCC1=O)c1ccccc1)C1CCC1. The Morgan fingerprint density at radius 1 is 1.13 bits per heavy atom. The van der Waals surface area contributed by atoms with E-state index in [1.54, 1.807) is 0 Å². The first kappa shape index (κ1) is 16.0. The first-order chi connectivity index (χ1) is 11.2. The van der Waals surface area contributed by atoms with Crippen molar-refractivity contribution in [2.45, 2.75) is 51.0 Å². The molecular weight excluding hydrogens is 288 g/mol. The van der Waals surface area contributed by atoms with E-state index in [1.165, 1.54) is 0 Å². The number of rotatable bonds is 5. The standard InChI is InChI=1S/C19H26N2O2/c22-18-12-5-2-6-13-21(18)14-17(15-8-3-1-4-9-15)20-19(23)16-10-7-11-16/h1,3-4,8-9,16-17H,2,5-7,10-14H2,(H,20,23)/t17-/m0/s1. The summed E-state index contributed by atoms with van der Waals surface area (Å²) in [5.41, 5.74) is 1.08. The van der Waals surface area contributed by atoms with E-state index in [4.69, 9.17) is 0 Å². The first-order valence-corrected chi connectivity index (χ1v) is 8.87. The van der Waals surface area contributed by atoms with E-state index < -0.39 is 0 Å². The summed E-state index contributed by atoms with van der Waals surface area (Å²) in [5.74, 6) is 0.537. The van der Waals surface area contributed by atoms with Gasteiger partial charge in [-0.2, -0.15) is 0 Å². The molecule has 0 spiro atoms. The Morgan fingerprint density at radius 2 is 1.91 bits per heavy atom. The number of carbonyl (C=O) groups is 2. The summed E-state index contributed by atoms with van der Waals surface area (Å²) in [7, 11) is 0. The van der Waals surface area contributed by atoms with Gasteiger partial charge >= 0.3 is 0 Å². The number of benzene rings is 1. The minimum atomic E-state index is -0.105. The fraction of sp³-hybridized carbons (Fsp3) is 0.579. The van der Waals surface area contributed by atoms with Crippen LogP contribution in [0.3, 0.4) is 0 Å². The molecule has 0 unspecified atom stereocenters. The molecular formula is C19H26N2O2. The van der Waals surface area contributed by atoms with Gasteiger partial charge in [0.1, 0.15) is 0 Å². The predicted molar refractivity (Wildman–Crippen MR) is 89.7 cm³/mol. The van der Waals surface area contributed by atoms with Gasteiger partial charge in [-0.05, 0) is 31.2 Å². The van der Waals surface area contributed by atoms with Gasteiger partial charge in [0, 0.05) is 25.4 Å². The molecule has 1 aromatic rings. The lowest BCUT2D eigenvalue weighted by Gasteiger charge is -2.31. The summed E-state index contributed by atoms with van der Waals surface area (Å²) < 4.78 is 0. The van der Waals surface area contributed by atoms with Crippen molar-refractivity contribution in [2.24, 2.45) is 5.92 Å². The smallest absolute Gasteiger partial charge is 0.223 e. The summed E-state index contributed by atoms with van der Waals surface area (Å²) in [6.07, 6.45) is 6.94. The Bertz CT molecular complexity index is 540. The monoisotopic (exact) mass is 314 g/mol. The molecule has 2 fully saturated rings. The van der Waals surface area contributed by atoms with Crippen LogP contribution in [-0.2, 0) is 9.59 Å². The minimum Gasteiger partial charge on any atom is -0.347 e. The van der Waals surface area contributed by atoms with Gasteiger partial charge in [-0.15, -0.1) is 0 Å². The average Bonchev–Trinajstić information content (AvgIpc) is 2.71. The first-order valence-electron chi connectivity index (χ1n) is 8.87. The molecule has 1 saturated heterocycles. The summed E-state index contributed by atoms with van der Waals surface area (Å²) >= 11 is 0. The Balaban J connectivity index is 1.71. The molecule has 1 heterocycles. The van der Waals surface area contributed by atoms with Crippen LogP contribution in [0, 0.1) is 5.92 Å². The summed E-state index contributed by atoms with van der Waals surface area (Å²) in [6.45, 7) is 1.39. The van der Waals surface area contributed by atoms with Crippen LogP contribution in [0.2, 0.25) is 0 Å². The zero-order valence-electron chi connectivity index (χ0n) is 13.7. The highest BCUT2D eigenvalue weighted by atomic mass is 16.2. The fourth-order valence-corrected chi connectivity index (χ4v) is 3.33. The summed E-state index contributed by atoms with van der Waals surface area (Å²) in [6, 6.07) is 9.92. The van der Waals surface area contributed by atoms with Crippen LogP contribution in [0.25, 0.3) is 0 Å². The van der Waals surface area contributed by atoms with Crippen LogP contribution in [0.1, 0.15) is 56.6 Å². The molecule has 1 aromatic carbocycles. The van der Waals surface area contributed by atoms with Crippen molar-refractivity contribution in [1.29, 1.82) is 0 Å². The third-order valence-corrected chi connectivity index (χ3v) is 5.07. The third-order valence-electron chi connectivity index (χ3n) is 5.07. The van der Waals surface area contributed by atoms with Crippen molar-refractivity contribution < 1.29 is 9.59 Å². The van der Waals surface area contributed by atoms with Crippen LogP contribution < -0.4 is 5.32 Å². The van der Waals surface area contributed by atoms with Crippen molar-refractivity contribution in [3.05, 3.63) is 35.9 Å². The number of hydrogen-bond donors (Lipinski definition) is 1. The largest absolute Gasteiger partial charge is 0.347 e. The molecule has 1 atom stereocenters. The van der Waals surface area contributed by atoms with E-state index in [9.17, 15) is 9.59 Å². The number of amides is 2. The van der Waals surface area contributed by atoms with Gasteiger partial charge in [-0.1, -0.05) is 43.2 Å². The van der Waals surface area contributed by atoms with Gasteiger partial charge in [0.05, 0.1) is 6.04 Å². The zero-order chi connectivity index (χ0) is 16.1. The van der Waals surface area contributed by atoms with E-state index in [1.807, 2.05) is 35.2 Å². The predicted octanol–water partition coefficient (Wildman–Crippen LogP) is 3.05. The number of nitrogens with one attached hydrogen (secondary N) is 1. The number of nitrogens with zero attached hydrogens (tertiary/aromatic N) is 1. The van der Waals surface area contributed by atoms with Crippen LogP contribution in [0.4, 0.5) is 0 Å². The van der Waals surface area contributed by atoms with E-state index >= 15 is 0 Å². The molecule has 2 aliphatic rings. The molecule has 4 heteroatoms. The van der Waals surface area contributed by atoms with Gasteiger partial charge in [0.25, 0.3) is 0 Å². The Morgan fingerprint density at radius 3 is 2.61 bits per heavy atom. The minimum absolute atomic E-state index is 0.105. The lowest BCUT2D eigenvalue weighted by atomic mass is 9.84. The molecule has 3 rings (SSSR count). The zero-order valence-corrected chi connectivity index (χ0v) is 13.7. The number of carbonyl (C=O) groups excluding carboxylic acids is 2. The van der Waals surface area contributed by atoms with E-state index in [0.29, 0.717) is 13.0 Å². The van der Waals surface area contributed by atoms with Gasteiger partial charge in [-0.3, -0.25) is 9.59 Å². The maximum absolute atomic E-state index is 12.4. The molecule has 1 aliphatic carbocycles. The second kappa shape index (κ2) is 7.62. The third kappa shape index (κ3) is 4.12. The highest BCUT2D eigenvalue weighted by Crippen LogP contribution is 2.27. The molecule has 1 aliphatic heterocycles. The quantitative estimate of drug-likeness (QED) is 0.908. The van der Waals surface area contributed by atoms with E-state index in [-0.39, 0.29) is 23.8 Å². The van der Waals surface area contributed by atoms with Crippen LogP contribution >= 0.6 is 0 Å². The van der Waals surface area contributed by atoms with Crippen LogP contribution in [0.5, 0.6) is 0 Å². The van der Waals surface area contributed by atoms with Gasteiger partial charge < -0.3 is 10.2 Å². The van der Waals surface area contributed by atoms with Crippen LogP contribution in [0.15, 0.2) is 30.3 Å². The van der Waals surface area contributed by atoms with Gasteiger partial charge in [0.15, 0.2) is 0 Å². The second-order valence-corrected chi connectivity index (χ2v) is 6.75. The molecule has 1 saturated carbocycles. The molecule has 0 radical (unpaired) electrons. The molecule has 23 heavy (non-hydrogen) atoms. The maximum atomic E-state index is 12.4. The lowest BCUT2D eigenvalue weighted by molar-refractivity contribution is -0.133. The van der Waals surface area contributed by atoms with Gasteiger partial charge in [-0.25, -0.2) is 0 Å². The van der Waals surface area contributed by atoms with Crippen LogP contribution in [-0.4, -0.2) is 29.8 Å². The molecule has 124 valence electrons. The molecule has 2 amide bonds. The molecule has 4 nitrogen and oxygen atoms in total. The molecule has 0 aromatic heterocycles. The van der Waals surface area contributed by atoms with E-state index in [0.717, 1.165) is 50.6 Å². The number of hydrogen-bond acceptors (Lipinski definition) is 2. The summed E-state index contributed by atoms with van der Waals surface area (Å²) in [4.78, 5) is 26.6. The number of likely N-dealkylation sites (tertiary alicyclic amines) is 1. The lowest BCUT2D eigenvalue weighted by Crippen LogP contribution is -2.43. The highest BCUT2D eigenvalue weighted by Gasteiger charge is 2.29. The Kier molecular flexibility index (Phi) is 5.31. The van der Waals surface area contributed by atoms with Crippen molar-refractivity contribution in [1.82, 2.24) is 10.2 Å². The van der Waals surface area contributed by atoms with Crippen molar-refractivity contribution in [3.8, 4) is 0 Å². The topological polar surface area (TPSA) is 49.4 Å². The fourth-order valence-electron chi connectivity index (χ4n) is 3.33. The maximum Gasteiger partial charge on any atom is 0.223 e. The molecule has 1 N–H and O–H groups in total. The Hall–Kier alpha value is -1.84. The highest BCUT2D eigenvalue weighted by molar-refractivity contribution is 5.80. The molecule has 0 bridgehead atoms. The second-order valence-electron chi connectivity index (χ2n) is 6.75. The van der Waals surface area contributed by atoms with Crippen molar-refractivity contribution in [3.63, 3.8) is 0 Å².